The molecule has 2 aromatic rings. The fraction of sp³-hybridized carbons (Fsp3) is 0.562. The van der Waals surface area contributed by atoms with E-state index in [-0.39, 0.29) is 5.97 Å². The van der Waals surface area contributed by atoms with Crippen LogP contribution in [0.2, 0.25) is 0 Å². The first-order valence-electron chi connectivity index (χ1n) is 7.86. The molecule has 1 unspecified atom stereocenters. The van der Waals surface area contributed by atoms with Crippen LogP contribution in [-0.2, 0) is 11.2 Å². The summed E-state index contributed by atoms with van der Waals surface area (Å²) in [5.74, 6) is 1.02. The number of rotatable bonds is 4. The van der Waals surface area contributed by atoms with Gasteiger partial charge in [0.05, 0.1) is 7.11 Å². The number of methoxy groups -OCH3 is 1. The summed E-state index contributed by atoms with van der Waals surface area (Å²) in [7, 11) is 1.38. The molecule has 0 radical (unpaired) electrons. The molecule has 1 aliphatic heterocycles. The average molecular weight is 302 g/mol. The fourth-order valence-corrected chi connectivity index (χ4v) is 3.17. The summed E-state index contributed by atoms with van der Waals surface area (Å²) >= 11 is 0. The van der Waals surface area contributed by atoms with E-state index in [1.54, 1.807) is 16.6 Å². The number of hydrogen-bond donors (Lipinski definition) is 0. The van der Waals surface area contributed by atoms with E-state index in [9.17, 15) is 4.79 Å². The third-order valence-corrected chi connectivity index (χ3v) is 4.33. The van der Waals surface area contributed by atoms with Crippen LogP contribution in [0.4, 0.5) is 0 Å². The number of esters is 1. The van der Waals surface area contributed by atoms with Gasteiger partial charge in [-0.15, -0.1) is 0 Å². The van der Waals surface area contributed by atoms with Gasteiger partial charge in [-0.1, -0.05) is 6.92 Å². The van der Waals surface area contributed by atoms with E-state index in [2.05, 4.69) is 21.9 Å². The van der Waals surface area contributed by atoms with Crippen LogP contribution >= 0.6 is 0 Å². The van der Waals surface area contributed by atoms with Crippen LogP contribution in [0.1, 0.15) is 35.9 Å². The van der Waals surface area contributed by atoms with E-state index in [1.807, 2.05) is 6.20 Å². The zero-order valence-electron chi connectivity index (χ0n) is 13.2. The Hall–Kier alpha value is -1.95. The maximum Gasteiger partial charge on any atom is 0.341 e. The van der Waals surface area contributed by atoms with Gasteiger partial charge in [0.1, 0.15) is 5.56 Å². The Morgan fingerprint density at radius 2 is 2.36 bits per heavy atom. The van der Waals surface area contributed by atoms with Crippen molar-refractivity contribution in [2.75, 3.05) is 26.7 Å². The fourth-order valence-electron chi connectivity index (χ4n) is 3.17. The molecule has 0 N–H and O–H groups in total. The summed E-state index contributed by atoms with van der Waals surface area (Å²) in [6.45, 7) is 5.60. The first kappa shape index (κ1) is 15.0. The number of nitrogens with zero attached hydrogens (tertiary/aromatic N) is 4. The Morgan fingerprint density at radius 1 is 1.50 bits per heavy atom. The van der Waals surface area contributed by atoms with Crippen LogP contribution in [-0.4, -0.2) is 52.2 Å². The number of hydrogen-bond acceptors (Lipinski definition) is 5. The van der Waals surface area contributed by atoms with E-state index >= 15 is 0 Å². The van der Waals surface area contributed by atoms with Crippen LogP contribution < -0.4 is 0 Å². The number of carbonyl (C=O) groups is 1. The summed E-state index contributed by atoms with van der Waals surface area (Å²) in [4.78, 5) is 18.8. The maximum atomic E-state index is 11.8. The van der Waals surface area contributed by atoms with Crippen molar-refractivity contribution in [3.63, 3.8) is 0 Å². The second kappa shape index (κ2) is 6.44. The van der Waals surface area contributed by atoms with Crippen molar-refractivity contribution in [2.24, 2.45) is 5.92 Å². The molecule has 3 rings (SSSR count). The lowest BCUT2D eigenvalue weighted by Crippen LogP contribution is -2.36. The van der Waals surface area contributed by atoms with Crippen LogP contribution in [0.3, 0.4) is 0 Å². The number of likely N-dealkylation sites (tertiary alicyclic amines) is 1. The Labute approximate surface area is 130 Å². The van der Waals surface area contributed by atoms with Crippen LogP contribution in [0.25, 0.3) is 5.65 Å². The molecule has 0 bridgehead atoms. The smallest absolute Gasteiger partial charge is 0.341 e. The summed E-state index contributed by atoms with van der Waals surface area (Å²) in [5, 5.41) is 4.51. The second-order valence-corrected chi connectivity index (χ2v) is 5.82. The topological polar surface area (TPSA) is 59.7 Å². The molecule has 0 amide bonds. The Kier molecular flexibility index (Phi) is 4.38. The van der Waals surface area contributed by atoms with Crippen molar-refractivity contribution in [1.29, 1.82) is 0 Å². The number of pyridine rings is 1. The quantitative estimate of drug-likeness (QED) is 0.806. The minimum atomic E-state index is -0.376. The van der Waals surface area contributed by atoms with Gasteiger partial charge in [-0.2, -0.15) is 5.10 Å². The molecular formula is C16H22N4O2. The Bertz CT molecular complexity index is 667. The van der Waals surface area contributed by atoms with Gasteiger partial charge in [-0.25, -0.2) is 14.3 Å². The van der Waals surface area contributed by atoms with Gasteiger partial charge in [-0.05, 0) is 44.0 Å². The van der Waals surface area contributed by atoms with Crippen LogP contribution in [0, 0.1) is 5.92 Å². The predicted molar refractivity (Wildman–Crippen MR) is 82.9 cm³/mol. The minimum absolute atomic E-state index is 0.376. The number of aromatic nitrogens is 3. The molecule has 1 fully saturated rings. The molecular weight excluding hydrogens is 280 g/mol. The molecule has 1 aliphatic rings. The van der Waals surface area contributed by atoms with E-state index in [4.69, 9.17) is 4.74 Å². The van der Waals surface area contributed by atoms with Crippen LogP contribution in [0.15, 0.2) is 18.3 Å². The Morgan fingerprint density at radius 3 is 3.14 bits per heavy atom. The van der Waals surface area contributed by atoms with Gasteiger partial charge in [0, 0.05) is 19.2 Å². The van der Waals surface area contributed by atoms with Crippen molar-refractivity contribution < 1.29 is 9.53 Å². The van der Waals surface area contributed by atoms with Gasteiger partial charge in [0.25, 0.3) is 0 Å². The second-order valence-electron chi connectivity index (χ2n) is 5.82. The zero-order valence-corrected chi connectivity index (χ0v) is 13.2. The van der Waals surface area contributed by atoms with Gasteiger partial charge >= 0.3 is 5.97 Å². The summed E-state index contributed by atoms with van der Waals surface area (Å²) in [6.07, 6.45) is 5.13. The Balaban J connectivity index is 1.81. The van der Waals surface area contributed by atoms with Crippen molar-refractivity contribution in [2.45, 2.75) is 26.2 Å². The molecule has 0 saturated carbocycles. The predicted octanol–water partition coefficient (Wildman–Crippen LogP) is 1.79. The number of ether oxygens (including phenoxy) is 1. The SMILES string of the molecule is CCN1CCCC(Cc2nc3c(C(=O)OC)cccn3n2)C1. The lowest BCUT2D eigenvalue weighted by Gasteiger charge is -2.31. The lowest BCUT2D eigenvalue weighted by molar-refractivity contribution is 0.0602. The van der Waals surface area contributed by atoms with E-state index in [1.165, 1.54) is 26.5 Å². The zero-order chi connectivity index (χ0) is 15.5. The standard InChI is InChI=1S/C16H22N4O2/c1-3-19-8-4-6-12(11-19)10-14-17-15-13(16(21)22-2)7-5-9-20(15)18-14/h5,7,9,12H,3-4,6,8,10-11H2,1-2H3. The van der Waals surface area contributed by atoms with Crippen molar-refractivity contribution in [3.8, 4) is 0 Å². The molecule has 22 heavy (non-hydrogen) atoms. The molecule has 2 aromatic heterocycles. The average Bonchev–Trinajstić information content (AvgIpc) is 2.96. The molecule has 118 valence electrons. The van der Waals surface area contributed by atoms with Crippen molar-refractivity contribution >= 4 is 11.6 Å². The van der Waals surface area contributed by atoms with E-state index in [0.29, 0.717) is 17.1 Å². The highest BCUT2D eigenvalue weighted by atomic mass is 16.5. The molecule has 0 aromatic carbocycles. The summed E-state index contributed by atoms with van der Waals surface area (Å²) in [5.41, 5.74) is 1.04. The molecule has 0 aliphatic carbocycles. The largest absolute Gasteiger partial charge is 0.465 e. The number of fused-ring (bicyclic) bond motifs is 1. The summed E-state index contributed by atoms with van der Waals surface area (Å²) < 4.78 is 6.47. The molecule has 3 heterocycles. The number of piperidine rings is 1. The third-order valence-electron chi connectivity index (χ3n) is 4.33. The van der Waals surface area contributed by atoms with Crippen LogP contribution in [0.5, 0.6) is 0 Å². The molecule has 1 atom stereocenters. The highest BCUT2D eigenvalue weighted by Crippen LogP contribution is 2.20. The van der Waals surface area contributed by atoms with Gasteiger partial charge in [0.15, 0.2) is 11.5 Å². The highest BCUT2D eigenvalue weighted by Gasteiger charge is 2.21. The maximum absolute atomic E-state index is 11.8. The molecule has 6 nitrogen and oxygen atoms in total. The molecule has 1 saturated heterocycles. The van der Waals surface area contributed by atoms with E-state index in [0.717, 1.165) is 25.3 Å². The van der Waals surface area contributed by atoms with Gasteiger partial charge in [-0.3, -0.25) is 0 Å². The van der Waals surface area contributed by atoms with Crippen molar-refractivity contribution in [1.82, 2.24) is 19.5 Å². The first-order valence-corrected chi connectivity index (χ1v) is 7.86. The third kappa shape index (κ3) is 2.97. The van der Waals surface area contributed by atoms with Gasteiger partial charge < -0.3 is 9.64 Å². The van der Waals surface area contributed by atoms with E-state index < -0.39 is 0 Å². The highest BCUT2D eigenvalue weighted by molar-refractivity contribution is 5.95. The lowest BCUT2D eigenvalue weighted by atomic mass is 9.94. The van der Waals surface area contributed by atoms with Crippen molar-refractivity contribution in [3.05, 3.63) is 29.7 Å². The molecule has 0 spiro atoms. The van der Waals surface area contributed by atoms with Gasteiger partial charge in [0.2, 0.25) is 0 Å². The minimum Gasteiger partial charge on any atom is -0.465 e. The summed E-state index contributed by atoms with van der Waals surface area (Å²) in [6, 6.07) is 3.51. The number of carbonyl (C=O) groups excluding carboxylic acids is 1. The molecule has 6 heteroatoms. The monoisotopic (exact) mass is 302 g/mol. The first-order chi connectivity index (χ1) is 10.7. The normalized spacial score (nSPS) is 19.5.